The number of hydrogen-bond acceptors (Lipinski definition) is 3. The van der Waals surface area contributed by atoms with Crippen LogP contribution in [0.4, 0.5) is 0 Å². The minimum Gasteiger partial charge on any atom is -0.354 e. The molecule has 0 aliphatic rings. The van der Waals surface area contributed by atoms with Gasteiger partial charge in [-0.15, -0.1) is 0 Å². The SMILES string of the molecule is CC(C)N(CCNC(=O)C(c1ccccc1)c1ccccc1)S(C)(=O)=O. The van der Waals surface area contributed by atoms with Crippen LogP contribution in [0.5, 0.6) is 0 Å². The van der Waals surface area contributed by atoms with Crippen LogP contribution in [0.15, 0.2) is 60.7 Å². The molecule has 0 heterocycles. The number of rotatable bonds is 8. The van der Waals surface area contributed by atoms with E-state index >= 15 is 0 Å². The fourth-order valence-electron chi connectivity index (χ4n) is 2.98. The van der Waals surface area contributed by atoms with Crippen LogP contribution < -0.4 is 5.32 Å². The predicted octanol–water partition coefficient (Wildman–Crippen LogP) is 2.60. The van der Waals surface area contributed by atoms with Gasteiger partial charge in [0.25, 0.3) is 0 Å². The maximum atomic E-state index is 12.9. The summed E-state index contributed by atoms with van der Waals surface area (Å²) in [5.74, 6) is -0.567. The zero-order chi connectivity index (χ0) is 19.2. The van der Waals surface area contributed by atoms with Gasteiger partial charge in [0, 0.05) is 19.1 Å². The molecule has 0 spiro atoms. The third-order valence-electron chi connectivity index (χ3n) is 4.16. The molecule has 0 atom stereocenters. The Hall–Kier alpha value is -2.18. The summed E-state index contributed by atoms with van der Waals surface area (Å²) in [5.41, 5.74) is 1.81. The van der Waals surface area contributed by atoms with Crippen molar-refractivity contribution >= 4 is 15.9 Å². The zero-order valence-electron chi connectivity index (χ0n) is 15.4. The molecule has 0 aromatic heterocycles. The van der Waals surface area contributed by atoms with Gasteiger partial charge in [-0.25, -0.2) is 8.42 Å². The van der Waals surface area contributed by atoms with Crippen molar-refractivity contribution in [3.63, 3.8) is 0 Å². The van der Waals surface area contributed by atoms with Crippen molar-refractivity contribution in [3.05, 3.63) is 71.8 Å². The van der Waals surface area contributed by atoms with E-state index in [1.807, 2.05) is 74.5 Å². The Bertz CT molecular complexity index is 766. The Morgan fingerprint density at radius 3 is 1.81 bits per heavy atom. The summed E-state index contributed by atoms with van der Waals surface area (Å²) in [6.45, 7) is 4.15. The van der Waals surface area contributed by atoms with Crippen molar-refractivity contribution in [2.75, 3.05) is 19.3 Å². The first-order valence-corrected chi connectivity index (χ1v) is 10.5. The van der Waals surface area contributed by atoms with E-state index < -0.39 is 15.9 Å². The Morgan fingerprint density at radius 2 is 1.42 bits per heavy atom. The maximum absolute atomic E-state index is 12.9. The standard InChI is InChI=1S/C20H26N2O3S/c1-16(2)22(26(3,24)25)15-14-21-20(23)19(17-10-6-4-7-11-17)18-12-8-5-9-13-18/h4-13,16,19H,14-15H2,1-3H3,(H,21,23). The van der Waals surface area contributed by atoms with E-state index in [0.717, 1.165) is 11.1 Å². The van der Waals surface area contributed by atoms with E-state index in [0.29, 0.717) is 0 Å². The summed E-state index contributed by atoms with van der Waals surface area (Å²) in [6, 6.07) is 19.0. The Labute approximate surface area is 156 Å². The lowest BCUT2D eigenvalue weighted by molar-refractivity contribution is -0.121. The van der Waals surface area contributed by atoms with Crippen LogP contribution in [0, 0.1) is 0 Å². The van der Waals surface area contributed by atoms with Gasteiger partial charge in [0.2, 0.25) is 15.9 Å². The van der Waals surface area contributed by atoms with Crippen LogP contribution in [0.2, 0.25) is 0 Å². The van der Waals surface area contributed by atoms with Crippen LogP contribution in [-0.4, -0.2) is 44.0 Å². The van der Waals surface area contributed by atoms with Gasteiger partial charge in [-0.1, -0.05) is 60.7 Å². The number of carbonyl (C=O) groups is 1. The molecule has 0 saturated heterocycles. The Morgan fingerprint density at radius 1 is 0.962 bits per heavy atom. The number of hydrogen-bond donors (Lipinski definition) is 1. The molecule has 2 aromatic carbocycles. The van der Waals surface area contributed by atoms with Gasteiger partial charge in [0.1, 0.15) is 0 Å². The van der Waals surface area contributed by atoms with Crippen LogP contribution >= 0.6 is 0 Å². The smallest absolute Gasteiger partial charge is 0.232 e. The second-order valence-electron chi connectivity index (χ2n) is 6.51. The number of carbonyl (C=O) groups excluding carboxylic acids is 1. The Kier molecular flexibility index (Phi) is 6.94. The van der Waals surface area contributed by atoms with Crippen LogP contribution in [-0.2, 0) is 14.8 Å². The third-order valence-corrected chi connectivity index (χ3v) is 5.62. The van der Waals surface area contributed by atoms with Gasteiger partial charge in [-0.05, 0) is 25.0 Å². The fourth-order valence-corrected chi connectivity index (χ4v) is 4.17. The summed E-state index contributed by atoms with van der Waals surface area (Å²) < 4.78 is 25.1. The molecule has 0 aliphatic heterocycles. The number of benzene rings is 2. The predicted molar refractivity (Wildman–Crippen MR) is 104 cm³/mol. The molecule has 1 amide bonds. The molecule has 0 bridgehead atoms. The summed E-state index contributed by atoms with van der Waals surface area (Å²) in [5, 5.41) is 2.89. The molecule has 26 heavy (non-hydrogen) atoms. The summed E-state index contributed by atoms with van der Waals surface area (Å²) in [6.07, 6.45) is 1.19. The van der Waals surface area contributed by atoms with Gasteiger partial charge >= 0.3 is 0 Å². The molecule has 0 radical (unpaired) electrons. The third kappa shape index (κ3) is 5.41. The minimum atomic E-state index is -3.30. The lowest BCUT2D eigenvalue weighted by Gasteiger charge is -2.24. The van der Waals surface area contributed by atoms with Gasteiger partial charge in [-0.2, -0.15) is 4.31 Å². The van der Waals surface area contributed by atoms with Crippen molar-refractivity contribution in [1.29, 1.82) is 0 Å². The molecular weight excluding hydrogens is 348 g/mol. The highest BCUT2D eigenvalue weighted by Crippen LogP contribution is 2.24. The van der Waals surface area contributed by atoms with E-state index in [1.165, 1.54) is 10.6 Å². The summed E-state index contributed by atoms with van der Waals surface area (Å²) in [4.78, 5) is 12.9. The molecule has 2 aromatic rings. The first-order valence-electron chi connectivity index (χ1n) is 8.65. The minimum absolute atomic E-state index is 0.139. The molecule has 0 aliphatic carbocycles. The fraction of sp³-hybridized carbons (Fsp3) is 0.350. The molecule has 1 N–H and O–H groups in total. The largest absolute Gasteiger partial charge is 0.354 e. The topological polar surface area (TPSA) is 66.5 Å². The van der Waals surface area contributed by atoms with E-state index in [9.17, 15) is 13.2 Å². The second kappa shape index (κ2) is 8.96. The highest BCUT2D eigenvalue weighted by atomic mass is 32.2. The normalized spacial score (nSPS) is 11.9. The Balaban J connectivity index is 2.13. The molecular formula is C20H26N2O3S. The van der Waals surface area contributed by atoms with Crippen molar-refractivity contribution < 1.29 is 13.2 Å². The highest BCUT2D eigenvalue weighted by Gasteiger charge is 2.24. The lowest BCUT2D eigenvalue weighted by Crippen LogP contribution is -2.42. The molecule has 6 heteroatoms. The summed E-state index contributed by atoms with van der Waals surface area (Å²) >= 11 is 0. The highest BCUT2D eigenvalue weighted by molar-refractivity contribution is 7.88. The van der Waals surface area contributed by atoms with Gasteiger partial charge in [-0.3, -0.25) is 4.79 Å². The molecule has 2 rings (SSSR count). The number of amides is 1. The first-order chi connectivity index (χ1) is 12.3. The molecule has 5 nitrogen and oxygen atoms in total. The van der Waals surface area contributed by atoms with Crippen LogP contribution in [0.1, 0.15) is 30.9 Å². The molecule has 0 unspecified atom stereocenters. The quantitative estimate of drug-likeness (QED) is 0.772. The van der Waals surface area contributed by atoms with Crippen LogP contribution in [0.25, 0.3) is 0 Å². The molecule has 0 fully saturated rings. The summed E-state index contributed by atoms with van der Waals surface area (Å²) in [7, 11) is -3.30. The van der Waals surface area contributed by atoms with Crippen molar-refractivity contribution in [2.45, 2.75) is 25.8 Å². The van der Waals surface area contributed by atoms with Crippen molar-refractivity contribution in [3.8, 4) is 0 Å². The zero-order valence-corrected chi connectivity index (χ0v) is 16.2. The average molecular weight is 375 g/mol. The van der Waals surface area contributed by atoms with Crippen LogP contribution in [0.3, 0.4) is 0 Å². The first kappa shape index (κ1) is 20.1. The number of sulfonamides is 1. The van der Waals surface area contributed by atoms with E-state index in [1.54, 1.807) is 0 Å². The van der Waals surface area contributed by atoms with Gasteiger partial charge < -0.3 is 5.32 Å². The van der Waals surface area contributed by atoms with Crippen molar-refractivity contribution in [2.24, 2.45) is 0 Å². The second-order valence-corrected chi connectivity index (χ2v) is 8.45. The number of nitrogens with one attached hydrogen (secondary N) is 1. The van der Waals surface area contributed by atoms with Crippen molar-refractivity contribution in [1.82, 2.24) is 9.62 Å². The van der Waals surface area contributed by atoms with E-state index in [4.69, 9.17) is 0 Å². The lowest BCUT2D eigenvalue weighted by atomic mass is 9.90. The van der Waals surface area contributed by atoms with Gasteiger partial charge in [0.05, 0.1) is 12.2 Å². The maximum Gasteiger partial charge on any atom is 0.232 e. The van der Waals surface area contributed by atoms with E-state index in [2.05, 4.69) is 5.32 Å². The van der Waals surface area contributed by atoms with E-state index in [-0.39, 0.29) is 25.0 Å². The van der Waals surface area contributed by atoms with Gasteiger partial charge in [0.15, 0.2) is 0 Å². The monoisotopic (exact) mass is 374 g/mol. The molecule has 0 saturated carbocycles. The molecule has 140 valence electrons. The average Bonchev–Trinajstić information content (AvgIpc) is 2.59. The number of nitrogens with zero attached hydrogens (tertiary/aromatic N) is 1.